The Hall–Kier alpha value is -0.125. The van der Waals surface area contributed by atoms with Crippen LogP contribution in [0, 0.1) is 5.92 Å². The van der Waals surface area contributed by atoms with Crippen molar-refractivity contribution in [1.82, 2.24) is 0 Å². The van der Waals surface area contributed by atoms with Crippen molar-refractivity contribution in [1.29, 1.82) is 0 Å². The van der Waals surface area contributed by atoms with Gasteiger partial charge < -0.3 is 0 Å². The van der Waals surface area contributed by atoms with Gasteiger partial charge in [-0.15, -0.1) is 0 Å². The zero-order valence-corrected chi connectivity index (χ0v) is 17.5. The number of hydrogen-bond donors (Lipinski definition) is 0. The molecule has 19 heavy (non-hydrogen) atoms. The van der Waals surface area contributed by atoms with Crippen LogP contribution in [0.1, 0.15) is 31.4 Å². The number of carbonyl (C=O) groups excluding carboxylic acids is 1. The van der Waals surface area contributed by atoms with Crippen molar-refractivity contribution in [3.8, 4) is 0 Å². The molecule has 5 heteroatoms. The molecule has 0 saturated carbocycles. The van der Waals surface area contributed by atoms with Crippen LogP contribution in [0.2, 0.25) is 0 Å². The Bertz CT molecular complexity index is 524. The fourth-order valence-corrected chi connectivity index (χ4v) is 7.07. The number of amides is 1. The summed E-state index contributed by atoms with van der Waals surface area (Å²) in [6, 6.07) is 8.04. The SMILES string of the molecule is CN1C(=O)C2CC[C](C)([Hg][Cl])OC2c2ccccc21. The van der Waals surface area contributed by atoms with Crippen molar-refractivity contribution in [3.05, 3.63) is 29.8 Å². The second kappa shape index (κ2) is 5.01. The van der Waals surface area contributed by atoms with Crippen molar-refractivity contribution in [2.24, 2.45) is 5.92 Å². The third kappa shape index (κ3) is 2.24. The van der Waals surface area contributed by atoms with Gasteiger partial charge in [-0.2, -0.15) is 0 Å². The molecule has 3 rings (SSSR count). The number of anilines is 1. The molecule has 1 aromatic rings. The van der Waals surface area contributed by atoms with Crippen LogP contribution in [0.3, 0.4) is 0 Å². The molecule has 0 aromatic heterocycles. The Kier molecular flexibility index (Phi) is 3.65. The average Bonchev–Trinajstić information content (AvgIpc) is 2.45. The van der Waals surface area contributed by atoms with Gasteiger partial charge in [0.05, 0.1) is 0 Å². The van der Waals surface area contributed by atoms with Crippen LogP contribution < -0.4 is 4.90 Å². The first-order chi connectivity index (χ1) is 9.06. The third-order valence-electron chi connectivity index (χ3n) is 4.30. The first-order valence-electron chi connectivity index (χ1n) is 6.66. The Morgan fingerprint density at radius 2 is 2.21 bits per heavy atom. The molecule has 2 aliphatic rings. The van der Waals surface area contributed by atoms with Gasteiger partial charge in [-0.25, -0.2) is 0 Å². The molecule has 1 saturated heterocycles. The van der Waals surface area contributed by atoms with E-state index in [2.05, 4.69) is 13.0 Å². The summed E-state index contributed by atoms with van der Waals surface area (Å²) >= 11 is -1.53. The number of para-hydroxylation sites is 1. The number of nitrogens with zero attached hydrogens (tertiary/aromatic N) is 1. The van der Waals surface area contributed by atoms with Crippen LogP contribution in [0.4, 0.5) is 5.69 Å². The molecule has 3 unspecified atom stereocenters. The molecule has 3 nitrogen and oxygen atoms in total. The summed E-state index contributed by atoms with van der Waals surface area (Å²) in [7, 11) is 8.10. The van der Waals surface area contributed by atoms with Gasteiger partial charge in [0.15, 0.2) is 0 Å². The zero-order chi connectivity index (χ0) is 13.6. The number of carbonyl (C=O) groups is 1. The normalized spacial score (nSPS) is 33.4. The molecule has 0 aliphatic carbocycles. The standard InChI is InChI=1S/C14H16NO2.ClH.Hg/c1-9-7-8-11-13(17-9)10-5-3-4-6-12(10)15(2)14(11)16;;/h3-6,11,13H,7-8H2,1-2H3;1H;/q;;+1/p-1. The predicted molar refractivity (Wildman–Crippen MR) is 70.7 cm³/mol. The molecule has 0 N–H and O–H groups in total. The predicted octanol–water partition coefficient (Wildman–Crippen LogP) is 3.08. The van der Waals surface area contributed by atoms with Crippen molar-refractivity contribution >= 4 is 19.8 Å². The summed E-state index contributed by atoms with van der Waals surface area (Å²) in [5.41, 5.74) is 2.11. The summed E-state index contributed by atoms with van der Waals surface area (Å²) in [5.74, 6) is 0.140. The van der Waals surface area contributed by atoms with Crippen LogP contribution >= 0.6 is 8.25 Å². The number of benzene rings is 1. The summed E-state index contributed by atoms with van der Waals surface area (Å²) in [4.78, 5) is 14.2. The maximum atomic E-state index is 12.5. The van der Waals surface area contributed by atoms with Crippen LogP contribution in [-0.2, 0) is 32.9 Å². The van der Waals surface area contributed by atoms with Gasteiger partial charge in [-0.05, 0) is 0 Å². The Balaban J connectivity index is 2.05. The van der Waals surface area contributed by atoms with Gasteiger partial charge in [0.1, 0.15) is 0 Å². The van der Waals surface area contributed by atoms with E-state index in [9.17, 15) is 4.79 Å². The Morgan fingerprint density at radius 3 is 2.95 bits per heavy atom. The summed E-state index contributed by atoms with van der Waals surface area (Å²) in [6.45, 7) is 2.13. The fraction of sp³-hybridized carbons (Fsp3) is 0.500. The monoisotopic (exact) mass is 467 g/mol. The molecule has 98 valence electrons. The van der Waals surface area contributed by atoms with Crippen molar-refractivity contribution in [2.75, 3.05) is 11.9 Å². The van der Waals surface area contributed by atoms with E-state index in [1.807, 2.05) is 25.2 Å². The van der Waals surface area contributed by atoms with Crippen LogP contribution in [0.5, 0.6) is 0 Å². The number of hydrogen-bond acceptors (Lipinski definition) is 2. The molecule has 1 fully saturated rings. The van der Waals surface area contributed by atoms with Gasteiger partial charge in [-0.3, -0.25) is 0 Å². The minimum atomic E-state index is -1.53. The van der Waals surface area contributed by atoms with Crippen LogP contribution in [-0.4, -0.2) is 16.1 Å². The average molecular weight is 466 g/mol. The molecule has 0 spiro atoms. The zero-order valence-electron chi connectivity index (χ0n) is 11.2. The van der Waals surface area contributed by atoms with E-state index in [-0.39, 0.29) is 21.0 Å². The van der Waals surface area contributed by atoms with Gasteiger partial charge in [0, 0.05) is 0 Å². The molecule has 3 atom stereocenters. The van der Waals surface area contributed by atoms with E-state index in [1.54, 1.807) is 4.90 Å². The van der Waals surface area contributed by atoms with Gasteiger partial charge in [0.2, 0.25) is 0 Å². The maximum absolute atomic E-state index is 12.5. The summed E-state index contributed by atoms with van der Waals surface area (Å²) < 4.78 is 6.19. The Labute approximate surface area is 129 Å². The van der Waals surface area contributed by atoms with Gasteiger partial charge in [0.25, 0.3) is 0 Å². The summed E-state index contributed by atoms with van der Waals surface area (Å²) in [6.07, 6.45) is 1.73. The molecule has 1 amide bonds. The van der Waals surface area contributed by atoms with Crippen molar-refractivity contribution in [2.45, 2.75) is 29.0 Å². The quantitative estimate of drug-likeness (QED) is 0.596. The van der Waals surface area contributed by atoms with E-state index < -0.39 is 23.3 Å². The number of fused-ring (bicyclic) bond motifs is 3. The van der Waals surface area contributed by atoms with Crippen molar-refractivity contribution in [3.63, 3.8) is 0 Å². The molecule has 1 aromatic carbocycles. The third-order valence-corrected chi connectivity index (χ3v) is 13.5. The molecular formula is C14H16ClHgNO2. The van der Waals surface area contributed by atoms with Crippen molar-refractivity contribution < 1.29 is 32.9 Å². The van der Waals surface area contributed by atoms with E-state index >= 15 is 0 Å². The van der Waals surface area contributed by atoms with E-state index in [1.165, 1.54) is 0 Å². The van der Waals surface area contributed by atoms with E-state index in [4.69, 9.17) is 13.0 Å². The molecule has 2 heterocycles. The van der Waals surface area contributed by atoms with E-state index in [0.29, 0.717) is 0 Å². The molecular weight excluding hydrogens is 450 g/mol. The minimum absolute atomic E-state index is 0.0374. The first-order valence-corrected chi connectivity index (χ1v) is 16.2. The second-order valence-corrected chi connectivity index (χ2v) is 14.9. The second-order valence-electron chi connectivity index (χ2n) is 5.72. The number of halogens is 1. The van der Waals surface area contributed by atoms with Crippen LogP contribution in [0.25, 0.3) is 0 Å². The van der Waals surface area contributed by atoms with Crippen LogP contribution in [0.15, 0.2) is 24.3 Å². The molecule has 0 bridgehead atoms. The molecule has 0 radical (unpaired) electrons. The fourth-order valence-electron chi connectivity index (χ4n) is 3.09. The van der Waals surface area contributed by atoms with Gasteiger partial charge in [-0.1, -0.05) is 0 Å². The first kappa shape index (κ1) is 13.8. The van der Waals surface area contributed by atoms with E-state index in [0.717, 1.165) is 24.1 Å². The summed E-state index contributed by atoms with van der Waals surface area (Å²) in [5, 5.41) is 0. The Morgan fingerprint density at radius 1 is 1.47 bits per heavy atom. The number of rotatable bonds is 1. The number of ether oxygens (including phenoxy) is 1. The van der Waals surface area contributed by atoms with Gasteiger partial charge >= 0.3 is 129 Å². The molecule has 2 aliphatic heterocycles. The topological polar surface area (TPSA) is 29.5 Å².